The second kappa shape index (κ2) is 10.6. The Labute approximate surface area is 197 Å². The molecular formula is C26H39N3O4. The zero-order valence-corrected chi connectivity index (χ0v) is 20.5. The lowest BCUT2D eigenvalue weighted by Crippen LogP contribution is -2.63. The van der Waals surface area contributed by atoms with E-state index in [1.165, 1.54) is 0 Å². The SMILES string of the molecule is CC1CCCN1C(=O)C(NC(=O)NC1(C(=O)OCc2ccccc2)CCCCC1)C(C)(C)C. The van der Waals surface area contributed by atoms with E-state index in [4.69, 9.17) is 4.74 Å². The van der Waals surface area contributed by atoms with E-state index >= 15 is 0 Å². The fourth-order valence-electron chi connectivity index (χ4n) is 4.86. The molecule has 33 heavy (non-hydrogen) atoms. The van der Waals surface area contributed by atoms with Crippen molar-refractivity contribution >= 4 is 17.9 Å². The first-order chi connectivity index (χ1) is 15.6. The molecule has 1 aliphatic carbocycles. The molecule has 2 aliphatic rings. The van der Waals surface area contributed by atoms with Crippen molar-refractivity contribution < 1.29 is 19.1 Å². The number of nitrogens with one attached hydrogen (secondary N) is 2. The molecule has 7 heteroatoms. The van der Waals surface area contributed by atoms with Crippen molar-refractivity contribution in [1.29, 1.82) is 0 Å². The van der Waals surface area contributed by atoms with Gasteiger partial charge in [-0.05, 0) is 43.6 Å². The van der Waals surface area contributed by atoms with Gasteiger partial charge in [-0.2, -0.15) is 0 Å². The van der Waals surface area contributed by atoms with Crippen molar-refractivity contribution in [3.05, 3.63) is 35.9 Å². The van der Waals surface area contributed by atoms with Crippen molar-refractivity contribution in [1.82, 2.24) is 15.5 Å². The summed E-state index contributed by atoms with van der Waals surface area (Å²) in [6, 6.07) is 8.51. The van der Waals surface area contributed by atoms with Crippen LogP contribution in [0.2, 0.25) is 0 Å². The molecule has 0 spiro atoms. The first kappa shape index (κ1) is 25.1. The van der Waals surface area contributed by atoms with Crippen molar-refractivity contribution in [2.24, 2.45) is 5.41 Å². The monoisotopic (exact) mass is 457 g/mol. The number of hydrogen-bond acceptors (Lipinski definition) is 4. The third-order valence-corrected chi connectivity index (χ3v) is 6.89. The molecule has 0 radical (unpaired) electrons. The van der Waals surface area contributed by atoms with Gasteiger partial charge in [0.15, 0.2) is 0 Å². The molecule has 3 rings (SSSR count). The highest BCUT2D eigenvalue weighted by Crippen LogP contribution is 2.30. The van der Waals surface area contributed by atoms with Crippen molar-refractivity contribution in [3.8, 4) is 0 Å². The number of urea groups is 1. The molecule has 2 atom stereocenters. The van der Waals surface area contributed by atoms with Crippen molar-refractivity contribution in [2.75, 3.05) is 6.54 Å². The lowest BCUT2D eigenvalue weighted by Gasteiger charge is -2.38. The Morgan fingerprint density at radius 3 is 2.33 bits per heavy atom. The van der Waals surface area contributed by atoms with Crippen LogP contribution < -0.4 is 10.6 Å². The molecule has 1 saturated carbocycles. The molecule has 7 nitrogen and oxygen atoms in total. The van der Waals surface area contributed by atoms with E-state index < -0.39 is 29.0 Å². The zero-order chi connectivity index (χ0) is 24.1. The van der Waals surface area contributed by atoms with Gasteiger partial charge < -0.3 is 20.3 Å². The Hall–Kier alpha value is -2.57. The molecule has 2 fully saturated rings. The third-order valence-electron chi connectivity index (χ3n) is 6.89. The first-order valence-electron chi connectivity index (χ1n) is 12.2. The minimum Gasteiger partial charge on any atom is -0.459 e. The lowest BCUT2D eigenvalue weighted by atomic mass is 9.81. The standard InChI is InChI=1S/C26H39N3O4/c1-19-12-11-17-29(19)22(30)21(25(2,3)4)27-24(32)28-26(15-9-6-10-16-26)23(31)33-18-20-13-7-5-8-14-20/h5,7-8,13-14,19,21H,6,9-12,15-18H2,1-4H3,(H2,27,28,32). The van der Waals surface area contributed by atoms with Crippen LogP contribution in [0.3, 0.4) is 0 Å². The molecule has 1 heterocycles. The fourth-order valence-corrected chi connectivity index (χ4v) is 4.86. The van der Waals surface area contributed by atoms with Crippen LogP contribution in [0.5, 0.6) is 0 Å². The average molecular weight is 458 g/mol. The number of esters is 1. The maximum Gasteiger partial charge on any atom is 0.332 e. The van der Waals surface area contributed by atoms with E-state index in [1.807, 2.05) is 62.9 Å². The number of ether oxygens (including phenoxy) is 1. The van der Waals surface area contributed by atoms with Crippen LogP contribution in [-0.4, -0.2) is 47.0 Å². The number of hydrogen-bond donors (Lipinski definition) is 2. The fraction of sp³-hybridized carbons (Fsp3) is 0.654. The van der Waals surface area contributed by atoms with E-state index in [0.29, 0.717) is 19.4 Å². The lowest BCUT2D eigenvalue weighted by molar-refractivity contribution is -0.154. The topological polar surface area (TPSA) is 87.7 Å². The number of likely N-dealkylation sites (tertiary alicyclic amines) is 1. The molecule has 182 valence electrons. The Balaban J connectivity index is 1.70. The molecule has 2 unspecified atom stereocenters. The summed E-state index contributed by atoms with van der Waals surface area (Å²) in [4.78, 5) is 41.5. The van der Waals surface area contributed by atoms with Crippen LogP contribution in [0.1, 0.15) is 78.2 Å². The Morgan fingerprint density at radius 1 is 1.09 bits per heavy atom. The summed E-state index contributed by atoms with van der Waals surface area (Å²) in [5.41, 5.74) is -0.632. The second-order valence-corrected chi connectivity index (χ2v) is 10.6. The Morgan fingerprint density at radius 2 is 1.76 bits per heavy atom. The molecule has 0 aromatic heterocycles. The summed E-state index contributed by atoms with van der Waals surface area (Å²) in [5, 5.41) is 5.84. The highest BCUT2D eigenvalue weighted by atomic mass is 16.5. The smallest absolute Gasteiger partial charge is 0.332 e. The second-order valence-electron chi connectivity index (χ2n) is 10.6. The van der Waals surface area contributed by atoms with Crippen LogP contribution >= 0.6 is 0 Å². The predicted octanol–water partition coefficient (Wildman–Crippen LogP) is 4.16. The van der Waals surface area contributed by atoms with Gasteiger partial charge in [0.2, 0.25) is 5.91 Å². The summed E-state index contributed by atoms with van der Waals surface area (Å²) < 4.78 is 5.63. The largest absolute Gasteiger partial charge is 0.459 e. The van der Waals surface area contributed by atoms with Gasteiger partial charge in [-0.25, -0.2) is 9.59 Å². The van der Waals surface area contributed by atoms with Crippen molar-refractivity contribution in [2.45, 2.75) is 96.9 Å². The number of carbonyl (C=O) groups is 3. The van der Waals surface area contributed by atoms with Crippen LogP contribution in [-0.2, 0) is 20.9 Å². The molecule has 3 amide bonds. The van der Waals surface area contributed by atoms with Gasteiger partial charge in [0.25, 0.3) is 0 Å². The van der Waals surface area contributed by atoms with Gasteiger partial charge in [0, 0.05) is 12.6 Å². The molecule has 1 aromatic carbocycles. The first-order valence-corrected chi connectivity index (χ1v) is 12.2. The predicted molar refractivity (Wildman–Crippen MR) is 127 cm³/mol. The number of amides is 3. The molecule has 1 aliphatic heterocycles. The van der Waals surface area contributed by atoms with Gasteiger partial charge >= 0.3 is 12.0 Å². The van der Waals surface area contributed by atoms with E-state index in [1.54, 1.807) is 0 Å². The maximum absolute atomic E-state index is 13.3. The highest BCUT2D eigenvalue weighted by Gasteiger charge is 2.44. The summed E-state index contributed by atoms with van der Waals surface area (Å²) in [5.74, 6) is -0.472. The van der Waals surface area contributed by atoms with E-state index in [-0.39, 0.29) is 18.6 Å². The van der Waals surface area contributed by atoms with Crippen LogP contribution in [0.4, 0.5) is 4.79 Å². The quantitative estimate of drug-likeness (QED) is 0.628. The normalized spacial score (nSPS) is 21.2. The van der Waals surface area contributed by atoms with Crippen LogP contribution in [0.25, 0.3) is 0 Å². The minimum atomic E-state index is -1.07. The summed E-state index contributed by atoms with van der Waals surface area (Å²) >= 11 is 0. The van der Waals surface area contributed by atoms with Gasteiger partial charge in [0.1, 0.15) is 18.2 Å². The molecule has 2 N–H and O–H groups in total. The van der Waals surface area contributed by atoms with Gasteiger partial charge in [-0.15, -0.1) is 0 Å². The Bertz CT molecular complexity index is 828. The summed E-state index contributed by atoms with van der Waals surface area (Å²) in [7, 11) is 0. The van der Waals surface area contributed by atoms with Crippen LogP contribution in [0.15, 0.2) is 30.3 Å². The number of rotatable bonds is 6. The van der Waals surface area contributed by atoms with Gasteiger partial charge in [-0.1, -0.05) is 70.4 Å². The van der Waals surface area contributed by atoms with Crippen molar-refractivity contribution in [3.63, 3.8) is 0 Å². The van der Waals surface area contributed by atoms with Gasteiger partial charge in [0.05, 0.1) is 0 Å². The van der Waals surface area contributed by atoms with Crippen LogP contribution in [0, 0.1) is 5.41 Å². The molecule has 1 saturated heterocycles. The number of carbonyl (C=O) groups excluding carboxylic acids is 3. The third kappa shape index (κ3) is 6.27. The zero-order valence-electron chi connectivity index (χ0n) is 20.5. The van der Waals surface area contributed by atoms with E-state index in [9.17, 15) is 14.4 Å². The molecular weight excluding hydrogens is 418 g/mol. The number of benzene rings is 1. The molecule has 0 bridgehead atoms. The van der Waals surface area contributed by atoms with E-state index in [0.717, 1.165) is 37.7 Å². The minimum absolute atomic E-state index is 0.0630. The average Bonchev–Trinajstić information content (AvgIpc) is 3.21. The summed E-state index contributed by atoms with van der Waals surface area (Å²) in [6.07, 6.45) is 5.72. The highest BCUT2D eigenvalue weighted by molar-refractivity contribution is 5.91. The van der Waals surface area contributed by atoms with E-state index in [2.05, 4.69) is 10.6 Å². The van der Waals surface area contributed by atoms with Gasteiger partial charge in [-0.3, -0.25) is 4.79 Å². The Kier molecular flexibility index (Phi) is 8.03. The number of nitrogens with zero attached hydrogens (tertiary/aromatic N) is 1. The summed E-state index contributed by atoms with van der Waals surface area (Å²) in [6.45, 7) is 8.76. The molecule has 1 aromatic rings. The maximum atomic E-state index is 13.3.